The monoisotopic (exact) mass is 872 g/mol. The smallest absolute Gasteiger partial charge is 0.239 e. The summed E-state index contributed by atoms with van der Waals surface area (Å²) in [5.41, 5.74) is -3.56. The molecule has 23 heteroatoms. The van der Waals surface area contributed by atoms with Crippen molar-refractivity contribution >= 4 is 11.0 Å². The maximum Gasteiger partial charge on any atom is 0.239 e. The Morgan fingerprint density at radius 1 is 0.721 bits per heavy atom. The van der Waals surface area contributed by atoms with Crippen molar-refractivity contribution in [2.24, 2.45) is 0 Å². The van der Waals surface area contributed by atoms with Gasteiger partial charge in [0.25, 0.3) is 0 Å². The van der Waals surface area contributed by atoms with Crippen LogP contribution in [0.25, 0.3) is 22.3 Å². The molecule has 23 nitrogen and oxygen atoms in total. The molecule has 5 heterocycles. The summed E-state index contributed by atoms with van der Waals surface area (Å²) in [4.78, 5) is 14.5. The van der Waals surface area contributed by atoms with E-state index in [1.165, 1.54) is 38.1 Å². The number of fused-ring (bicyclic) bond motifs is 1. The number of aliphatic hydroxyl groups excluding tert-OH is 10. The van der Waals surface area contributed by atoms with E-state index in [1.807, 2.05) is 0 Å². The molecule has 13 N–H and O–H groups in total. The van der Waals surface area contributed by atoms with Gasteiger partial charge in [-0.1, -0.05) is 0 Å². The van der Waals surface area contributed by atoms with Crippen LogP contribution >= 0.6 is 0 Å². The molecule has 4 aliphatic heterocycles. The van der Waals surface area contributed by atoms with Crippen LogP contribution in [0.15, 0.2) is 45.6 Å². The van der Waals surface area contributed by atoms with E-state index in [0.29, 0.717) is 0 Å². The standard InChI is InChI=1S/C38H48O23/c1-12-21(42)25(46)28(49)34(55-12)53-9-19-23(44)27(48)32(61-37-33(51)38(52,10-39)11-54-37)36(59-19)60-31-24(45)20-17(41)7-16(57-35-29(50)26(47)22(43)13(2)56-35)8-18(20)58-30(31)14-3-5-15(40)6-4-14/h3-8,12-13,19,21-23,25-29,32-37,39-44,46-52H,9-11H2,1-2H3/t12-,13-,19+,21-,22-,23+,25+,26+,27-,28+,29+,32+,33-,34-,35-,36-,37-,38+/m0/s1. The lowest BCUT2D eigenvalue weighted by molar-refractivity contribution is -0.335. The molecule has 0 spiro atoms. The highest BCUT2D eigenvalue weighted by Crippen LogP contribution is 2.40. The highest BCUT2D eigenvalue weighted by atomic mass is 16.8. The minimum absolute atomic E-state index is 0.0733. The van der Waals surface area contributed by atoms with Gasteiger partial charge in [-0.05, 0) is 38.1 Å². The molecule has 4 fully saturated rings. The molecule has 0 bridgehead atoms. The highest BCUT2D eigenvalue weighted by Gasteiger charge is 2.54. The molecule has 61 heavy (non-hydrogen) atoms. The Morgan fingerprint density at radius 3 is 1.97 bits per heavy atom. The minimum Gasteiger partial charge on any atom is -0.508 e. The third-order valence-corrected chi connectivity index (χ3v) is 11.1. The summed E-state index contributed by atoms with van der Waals surface area (Å²) in [6, 6.07) is 7.20. The largest absolute Gasteiger partial charge is 0.508 e. The first-order chi connectivity index (χ1) is 28.8. The second kappa shape index (κ2) is 17.7. The molecule has 0 radical (unpaired) electrons. The number of rotatable bonds is 11. The van der Waals surface area contributed by atoms with E-state index in [-0.39, 0.29) is 22.6 Å². The van der Waals surface area contributed by atoms with Gasteiger partial charge in [-0.2, -0.15) is 0 Å². The number of aliphatic hydroxyl groups is 11. The minimum atomic E-state index is -2.21. The fourth-order valence-corrected chi connectivity index (χ4v) is 7.28. The van der Waals surface area contributed by atoms with E-state index in [0.717, 1.165) is 12.1 Å². The van der Waals surface area contributed by atoms with Gasteiger partial charge in [0.2, 0.25) is 23.8 Å². The van der Waals surface area contributed by atoms with Crippen LogP contribution in [0.5, 0.6) is 23.0 Å². The third-order valence-electron chi connectivity index (χ3n) is 11.1. The SMILES string of the molecule is C[C@@H]1O[C@@H](Oc2cc(O)c3c(=O)c(O[C@@H]4O[C@H](CO[C@H]5O[C@@H](C)[C@H](O)[C@@H](O)[C@H]5O)[C@@H](O)[C@H](O)[C@H]4O[C@@H]4OC[C@](O)(CO)[C@H]4O)c(-c4ccc(O)cc4)oc3c2)[C@H](O)[C@H](O)[C@H]1O. The number of hydrogen-bond acceptors (Lipinski definition) is 23. The molecule has 2 aromatic carbocycles. The third kappa shape index (κ3) is 8.63. The Labute approximate surface area is 344 Å². The van der Waals surface area contributed by atoms with Crippen LogP contribution in [0.4, 0.5) is 0 Å². The van der Waals surface area contributed by atoms with Crippen LogP contribution in [0.2, 0.25) is 0 Å². The van der Waals surface area contributed by atoms with Crippen molar-refractivity contribution in [1.82, 2.24) is 0 Å². The van der Waals surface area contributed by atoms with Crippen molar-refractivity contribution in [1.29, 1.82) is 0 Å². The van der Waals surface area contributed by atoms with Gasteiger partial charge in [-0.15, -0.1) is 0 Å². The van der Waals surface area contributed by atoms with Gasteiger partial charge in [-0.25, -0.2) is 0 Å². The Morgan fingerprint density at radius 2 is 1.34 bits per heavy atom. The lowest BCUT2D eigenvalue weighted by atomic mass is 9.97. The van der Waals surface area contributed by atoms with E-state index in [4.69, 9.17) is 42.3 Å². The van der Waals surface area contributed by atoms with Crippen LogP contribution in [-0.2, 0) is 28.4 Å². The number of hydrogen-bond donors (Lipinski definition) is 13. The van der Waals surface area contributed by atoms with Crippen LogP contribution < -0.4 is 14.9 Å². The highest BCUT2D eigenvalue weighted by molar-refractivity contribution is 5.88. The van der Waals surface area contributed by atoms with Crippen molar-refractivity contribution in [2.75, 3.05) is 19.8 Å². The zero-order valence-corrected chi connectivity index (χ0v) is 32.3. The van der Waals surface area contributed by atoms with E-state index in [2.05, 4.69) is 0 Å². The second-order valence-electron chi connectivity index (χ2n) is 15.4. The van der Waals surface area contributed by atoms with Crippen molar-refractivity contribution in [2.45, 2.75) is 124 Å². The average Bonchev–Trinajstić information content (AvgIpc) is 3.52. The molecule has 0 unspecified atom stereocenters. The maximum absolute atomic E-state index is 14.5. The first-order valence-corrected chi connectivity index (χ1v) is 19.1. The van der Waals surface area contributed by atoms with Gasteiger partial charge in [-0.3, -0.25) is 4.79 Å². The number of benzene rings is 2. The van der Waals surface area contributed by atoms with Gasteiger partial charge in [0.15, 0.2) is 24.4 Å². The van der Waals surface area contributed by atoms with Crippen LogP contribution in [0.3, 0.4) is 0 Å². The molecule has 4 aliphatic rings. The summed E-state index contributed by atoms with van der Waals surface area (Å²) in [5, 5.41) is 136. The number of phenols is 2. The quantitative estimate of drug-likeness (QED) is 0.0864. The summed E-state index contributed by atoms with van der Waals surface area (Å²) in [6.45, 7) is 0.509. The van der Waals surface area contributed by atoms with Crippen LogP contribution in [0, 0.1) is 0 Å². The summed E-state index contributed by atoms with van der Waals surface area (Å²) in [6.07, 6.45) is -28.2. The fourth-order valence-electron chi connectivity index (χ4n) is 7.28. The Hall–Kier alpha value is -3.83. The van der Waals surface area contributed by atoms with E-state index < -0.39 is 158 Å². The zero-order chi connectivity index (χ0) is 44.2. The number of aromatic hydroxyl groups is 2. The summed E-state index contributed by atoms with van der Waals surface area (Å²) in [7, 11) is 0. The summed E-state index contributed by atoms with van der Waals surface area (Å²) in [5.74, 6) is -2.31. The summed E-state index contributed by atoms with van der Waals surface area (Å²) < 4.78 is 51.6. The second-order valence-corrected chi connectivity index (χ2v) is 15.4. The molecule has 0 saturated carbocycles. The fraction of sp³-hybridized carbons (Fsp3) is 0.605. The molecule has 338 valence electrons. The lowest BCUT2D eigenvalue weighted by Crippen LogP contribution is -2.63. The molecule has 0 amide bonds. The molecule has 0 aliphatic carbocycles. The van der Waals surface area contributed by atoms with Gasteiger partial charge < -0.3 is 109 Å². The van der Waals surface area contributed by atoms with Gasteiger partial charge in [0, 0.05) is 17.7 Å². The van der Waals surface area contributed by atoms with Gasteiger partial charge in [0.1, 0.15) is 94.9 Å². The van der Waals surface area contributed by atoms with Gasteiger partial charge >= 0.3 is 0 Å². The Balaban J connectivity index is 1.26. The van der Waals surface area contributed by atoms with Crippen molar-refractivity contribution < 1.29 is 109 Å². The van der Waals surface area contributed by atoms with Crippen molar-refractivity contribution in [3.63, 3.8) is 0 Å². The first kappa shape index (κ1) is 45.2. The molecular weight excluding hydrogens is 824 g/mol. The van der Waals surface area contributed by atoms with Gasteiger partial charge in [0.05, 0.1) is 32.0 Å². The zero-order valence-electron chi connectivity index (χ0n) is 32.3. The topological polar surface area (TPSA) is 367 Å². The van der Waals surface area contributed by atoms with E-state index >= 15 is 0 Å². The normalized spacial score (nSPS) is 40.6. The van der Waals surface area contributed by atoms with E-state index in [1.54, 1.807) is 0 Å². The maximum atomic E-state index is 14.5. The molecular formula is C38H48O23. The Bertz CT molecular complexity index is 2050. The first-order valence-electron chi connectivity index (χ1n) is 19.1. The average molecular weight is 873 g/mol. The predicted octanol–water partition coefficient (Wildman–Crippen LogP) is -4.43. The molecule has 18 atom stereocenters. The predicted molar refractivity (Wildman–Crippen MR) is 196 cm³/mol. The molecule has 1 aromatic heterocycles. The summed E-state index contributed by atoms with van der Waals surface area (Å²) >= 11 is 0. The Kier molecular flexibility index (Phi) is 13.1. The van der Waals surface area contributed by atoms with Crippen molar-refractivity contribution in [3.05, 3.63) is 46.6 Å². The van der Waals surface area contributed by atoms with Crippen molar-refractivity contribution in [3.8, 4) is 34.3 Å². The van der Waals surface area contributed by atoms with E-state index in [9.17, 15) is 71.2 Å². The number of phenolic OH excluding ortho intramolecular Hbond substituents is 2. The molecule has 3 aromatic rings. The molecule has 4 saturated heterocycles. The molecule has 7 rings (SSSR count). The number of ether oxygens (including phenoxy) is 8. The lowest BCUT2D eigenvalue weighted by Gasteiger charge is -2.44. The van der Waals surface area contributed by atoms with Crippen LogP contribution in [0.1, 0.15) is 13.8 Å². The van der Waals surface area contributed by atoms with Crippen LogP contribution in [-0.4, -0.2) is 196 Å².